The Bertz CT molecular complexity index is 219. The highest BCUT2D eigenvalue weighted by Crippen LogP contribution is 2.22. The average molecular weight is 261 g/mol. The minimum Gasteiger partial charge on any atom is -0.389 e. The van der Waals surface area contributed by atoms with E-state index in [0.717, 1.165) is 0 Å². The second-order valence-corrected chi connectivity index (χ2v) is 4.86. The molecule has 0 bridgehead atoms. The summed E-state index contributed by atoms with van der Waals surface area (Å²) in [5, 5.41) is 12.3. The molecular weight excluding hydrogens is 242 g/mol. The second-order valence-electron chi connectivity index (χ2n) is 4.86. The van der Waals surface area contributed by atoms with Crippen molar-refractivity contribution >= 4 is 0 Å². The van der Waals surface area contributed by atoms with Crippen LogP contribution >= 0.6 is 0 Å². The van der Waals surface area contributed by atoms with Gasteiger partial charge in [0.25, 0.3) is 0 Å². The Morgan fingerprint density at radius 1 is 1.24 bits per heavy atom. The lowest BCUT2D eigenvalue weighted by molar-refractivity contribution is -0.170. The zero-order valence-corrected chi connectivity index (χ0v) is 10.1. The number of hydrogen-bond acceptors (Lipinski definition) is 3. The minimum absolute atomic E-state index is 0.143. The second kappa shape index (κ2) is 6.51. The number of aliphatic hydroxyl groups excluding tert-OH is 1. The maximum Gasteiger partial charge on any atom is 0.330 e. The molecule has 104 valence electrons. The van der Waals surface area contributed by atoms with Crippen molar-refractivity contribution in [1.82, 2.24) is 5.32 Å². The van der Waals surface area contributed by atoms with E-state index in [2.05, 4.69) is 10.1 Å². The van der Waals surface area contributed by atoms with Crippen molar-refractivity contribution in [3.8, 4) is 0 Å². The predicted octanol–water partition coefficient (Wildman–Crippen LogP) is 1.65. The maximum absolute atomic E-state index is 12.4. The molecule has 0 saturated carbocycles. The Labute approximate surface area is 98.1 Å². The molecule has 3 nitrogen and oxygen atoms in total. The van der Waals surface area contributed by atoms with Crippen LogP contribution in [0.1, 0.15) is 20.8 Å². The zero-order chi connectivity index (χ0) is 13.7. The molecule has 0 aromatic heterocycles. The van der Waals surface area contributed by atoms with Crippen LogP contribution < -0.4 is 5.32 Å². The first-order chi connectivity index (χ1) is 7.54. The van der Waals surface area contributed by atoms with Crippen molar-refractivity contribution in [2.24, 2.45) is 0 Å². The Morgan fingerprint density at radius 3 is 2.18 bits per heavy atom. The van der Waals surface area contributed by atoms with Crippen LogP contribution in [0, 0.1) is 0 Å². The smallest absolute Gasteiger partial charge is 0.330 e. The quantitative estimate of drug-likeness (QED) is 0.685. The lowest BCUT2D eigenvalue weighted by atomic mass is 10.1. The average Bonchev–Trinajstić information content (AvgIpc) is 2.13. The molecule has 7 heteroatoms. The Kier molecular flexibility index (Phi) is 6.36. The van der Waals surface area contributed by atoms with Crippen molar-refractivity contribution < 1.29 is 27.4 Å². The third kappa shape index (κ3) is 8.34. The largest absolute Gasteiger partial charge is 0.389 e. The molecule has 0 heterocycles. The van der Waals surface area contributed by atoms with E-state index in [1.165, 1.54) is 0 Å². The number of nitrogens with one attached hydrogen (secondary N) is 1. The molecule has 0 fully saturated rings. The molecule has 0 aliphatic rings. The topological polar surface area (TPSA) is 41.5 Å². The monoisotopic (exact) mass is 261 g/mol. The van der Waals surface area contributed by atoms with Crippen molar-refractivity contribution in [3.05, 3.63) is 0 Å². The minimum atomic E-state index is -4.17. The van der Waals surface area contributed by atoms with E-state index >= 15 is 0 Å². The van der Waals surface area contributed by atoms with Gasteiger partial charge >= 0.3 is 12.3 Å². The van der Waals surface area contributed by atoms with Crippen LogP contribution in [0.3, 0.4) is 0 Å². The number of β-amino-alcohol motifs (C(OH)–C–C–N with tert-alkyl or cyclic N) is 1. The summed E-state index contributed by atoms with van der Waals surface area (Å²) in [7, 11) is 0. The molecule has 0 saturated heterocycles. The number of ether oxygens (including phenoxy) is 1. The van der Waals surface area contributed by atoms with E-state index in [4.69, 9.17) is 0 Å². The fourth-order valence-corrected chi connectivity index (χ4v) is 0.877. The van der Waals surface area contributed by atoms with Gasteiger partial charge in [0.15, 0.2) is 0 Å². The Balaban J connectivity index is 3.75. The molecule has 0 aliphatic heterocycles. The first-order valence-electron chi connectivity index (χ1n) is 5.21. The molecule has 0 amide bonds. The summed E-state index contributed by atoms with van der Waals surface area (Å²) >= 11 is 0. The van der Waals surface area contributed by atoms with Gasteiger partial charge in [0.1, 0.15) is 6.61 Å². The number of hydrogen-bond donors (Lipinski definition) is 2. The van der Waals surface area contributed by atoms with Gasteiger partial charge in [-0.2, -0.15) is 8.78 Å². The van der Waals surface area contributed by atoms with Crippen LogP contribution in [-0.4, -0.2) is 48.9 Å². The van der Waals surface area contributed by atoms with Gasteiger partial charge < -0.3 is 15.2 Å². The first kappa shape index (κ1) is 16.6. The van der Waals surface area contributed by atoms with Gasteiger partial charge in [-0.3, -0.25) is 0 Å². The summed E-state index contributed by atoms with van der Waals surface area (Å²) < 4.78 is 52.6. The van der Waals surface area contributed by atoms with Gasteiger partial charge in [0, 0.05) is 12.1 Å². The SMILES string of the molecule is CC(C)(C)NCC(O)COCC(F)(F)C(F)F. The molecule has 2 N–H and O–H groups in total. The van der Waals surface area contributed by atoms with E-state index in [9.17, 15) is 22.7 Å². The highest BCUT2D eigenvalue weighted by Gasteiger charge is 2.41. The van der Waals surface area contributed by atoms with Crippen LogP contribution in [-0.2, 0) is 4.74 Å². The molecule has 17 heavy (non-hydrogen) atoms. The molecule has 1 atom stereocenters. The van der Waals surface area contributed by atoms with Crippen LogP contribution in [0.25, 0.3) is 0 Å². The summed E-state index contributed by atoms with van der Waals surface area (Å²) in [4.78, 5) is 0. The molecule has 0 aromatic rings. The van der Waals surface area contributed by atoms with Crippen molar-refractivity contribution in [2.75, 3.05) is 19.8 Å². The lowest BCUT2D eigenvalue weighted by Crippen LogP contribution is -2.42. The molecule has 0 rings (SSSR count). The van der Waals surface area contributed by atoms with Gasteiger partial charge in [0.2, 0.25) is 0 Å². The van der Waals surface area contributed by atoms with Crippen LogP contribution in [0.4, 0.5) is 17.6 Å². The van der Waals surface area contributed by atoms with Crippen molar-refractivity contribution in [2.45, 2.75) is 44.8 Å². The van der Waals surface area contributed by atoms with E-state index in [1.54, 1.807) is 0 Å². The number of rotatable bonds is 7. The molecule has 0 radical (unpaired) electrons. The summed E-state index contributed by atoms with van der Waals surface area (Å²) in [5.74, 6) is -4.17. The Morgan fingerprint density at radius 2 is 1.76 bits per heavy atom. The van der Waals surface area contributed by atoms with Gasteiger partial charge in [-0.1, -0.05) is 0 Å². The highest BCUT2D eigenvalue weighted by atomic mass is 19.3. The third-order valence-electron chi connectivity index (χ3n) is 1.79. The Hall–Kier alpha value is -0.400. The number of aliphatic hydroxyl groups is 1. The summed E-state index contributed by atoms with van der Waals surface area (Å²) in [6.07, 6.45) is -4.77. The molecule has 0 spiro atoms. The van der Waals surface area contributed by atoms with Crippen molar-refractivity contribution in [3.63, 3.8) is 0 Å². The van der Waals surface area contributed by atoms with Gasteiger partial charge in [-0.15, -0.1) is 0 Å². The first-order valence-corrected chi connectivity index (χ1v) is 5.21. The van der Waals surface area contributed by atoms with Crippen LogP contribution in [0.15, 0.2) is 0 Å². The fraction of sp³-hybridized carbons (Fsp3) is 1.00. The van der Waals surface area contributed by atoms with Crippen LogP contribution in [0.2, 0.25) is 0 Å². The standard InChI is InChI=1S/C10H19F4NO2/c1-9(2,3)15-4-7(16)5-17-6-10(13,14)8(11)12/h7-8,15-16H,4-6H2,1-3H3. The van der Waals surface area contributed by atoms with E-state index in [1.807, 2.05) is 20.8 Å². The zero-order valence-electron chi connectivity index (χ0n) is 10.1. The number of halogens is 4. The molecular formula is C10H19F4NO2. The van der Waals surface area contributed by atoms with Gasteiger partial charge in [-0.05, 0) is 20.8 Å². The van der Waals surface area contributed by atoms with Crippen LogP contribution in [0.5, 0.6) is 0 Å². The van der Waals surface area contributed by atoms with E-state index in [0.29, 0.717) is 0 Å². The van der Waals surface area contributed by atoms with E-state index < -0.39 is 31.7 Å². The molecule has 0 aliphatic carbocycles. The van der Waals surface area contributed by atoms with E-state index in [-0.39, 0.29) is 12.1 Å². The molecule has 0 aromatic carbocycles. The summed E-state index contributed by atoms with van der Waals surface area (Å²) in [5.41, 5.74) is -0.228. The third-order valence-corrected chi connectivity index (χ3v) is 1.79. The number of alkyl halides is 4. The summed E-state index contributed by atoms with van der Waals surface area (Å²) in [6, 6.07) is 0. The fourth-order valence-electron chi connectivity index (χ4n) is 0.877. The maximum atomic E-state index is 12.4. The predicted molar refractivity (Wildman–Crippen MR) is 55.5 cm³/mol. The molecule has 1 unspecified atom stereocenters. The van der Waals surface area contributed by atoms with Crippen molar-refractivity contribution in [1.29, 1.82) is 0 Å². The normalized spacial score (nSPS) is 15.4. The summed E-state index contributed by atoms with van der Waals surface area (Å²) in [6.45, 7) is 3.94. The lowest BCUT2D eigenvalue weighted by Gasteiger charge is -2.23. The van der Waals surface area contributed by atoms with Gasteiger partial charge in [0.05, 0.1) is 12.7 Å². The highest BCUT2D eigenvalue weighted by molar-refractivity contribution is 4.73. The van der Waals surface area contributed by atoms with Gasteiger partial charge in [-0.25, -0.2) is 8.78 Å².